The molecule has 0 radical (unpaired) electrons. The van der Waals surface area contributed by atoms with Gasteiger partial charge >= 0.3 is 0 Å². The van der Waals surface area contributed by atoms with Gasteiger partial charge in [0.15, 0.2) is 11.5 Å². The molecule has 0 saturated heterocycles. The number of ether oxygens (including phenoxy) is 2. The third-order valence-electron chi connectivity index (χ3n) is 2.96. The van der Waals surface area contributed by atoms with E-state index in [-0.39, 0.29) is 0 Å². The van der Waals surface area contributed by atoms with E-state index in [1.165, 1.54) is 10.5 Å². The molecule has 0 unspecified atom stereocenters. The van der Waals surface area contributed by atoms with E-state index in [9.17, 15) is 0 Å². The van der Waals surface area contributed by atoms with Gasteiger partial charge in [-0.2, -0.15) is 0 Å². The first-order valence-corrected chi connectivity index (χ1v) is 7.94. The number of benzene rings is 2. The molecule has 0 bridgehead atoms. The fraction of sp³-hybridized carbons (Fsp3) is 0.294. The maximum Gasteiger partial charge on any atom is 0.161 e. The first-order chi connectivity index (χ1) is 10.3. The van der Waals surface area contributed by atoms with Crippen molar-refractivity contribution < 1.29 is 9.47 Å². The third-order valence-corrected chi connectivity index (χ3v) is 3.94. The normalized spacial score (nSPS) is 10.4. The number of hydrogen-bond donors (Lipinski definition) is 1. The Kier molecular flexibility index (Phi) is 6.44. The van der Waals surface area contributed by atoms with Gasteiger partial charge in [-0.1, -0.05) is 24.3 Å². The molecule has 2 rings (SSSR count). The lowest BCUT2D eigenvalue weighted by Crippen LogP contribution is -2.06. The lowest BCUT2D eigenvalue weighted by Gasteiger charge is -2.12. The topological polar surface area (TPSA) is 30.5 Å². The Morgan fingerprint density at radius 1 is 1.05 bits per heavy atom. The van der Waals surface area contributed by atoms with Crippen LogP contribution in [0.4, 0.5) is 0 Å². The largest absolute Gasteiger partial charge is 0.493 e. The van der Waals surface area contributed by atoms with Crippen LogP contribution in [0, 0.1) is 0 Å². The third kappa shape index (κ3) is 4.99. The minimum Gasteiger partial charge on any atom is -0.493 e. The van der Waals surface area contributed by atoms with Crippen LogP contribution in [0.2, 0.25) is 0 Å². The molecule has 0 aliphatic carbocycles. The average Bonchev–Trinajstić information content (AvgIpc) is 2.53. The van der Waals surface area contributed by atoms with Gasteiger partial charge in [-0.25, -0.2) is 0 Å². The van der Waals surface area contributed by atoms with Crippen molar-refractivity contribution in [2.24, 2.45) is 0 Å². The molecule has 0 aliphatic heterocycles. The first kappa shape index (κ1) is 15.7. The zero-order valence-electron chi connectivity index (χ0n) is 12.5. The highest BCUT2D eigenvalue weighted by molar-refractivity contribution is 7.99. The monoisotopic (exact) mass is 303 g/mol. The van der Waals surface area contributed by atoms with Crippen LogP contribution in [0.15, 0.2) is 53.4 Å². The highest BCUT2D eigenvalue weighted by Gasteiger charge is 2.05. The van der Waals surface area contributed by atoms with Gasteiger partial charge in [0.2, 0.25) is 0 Å². The Labute approximate surface area is 130 Å². The second-order valence-corrected chi connectivity index (χ2v) is 5.69. The van der Waals surface area contributed by atoms with Crippen molar-refractivity contribution in [1.82, 2.24) is 5.32 Å². The van der Waals surface area contributed by atoms with E-state index in [2.05, 4.69) is 23.5 Å². The van der Waals surface area contributed by atoms with Crippen LogP contribution in [-0.2, 0) is 6.54 Å². The van der Waals surface area contributed by atoms with Gasteiger partial charge in [0.05, 0.1) is 13.7 Å². The van der Waals surface area contributed by atoms with Gasteiger partial charge < -0.3 is 14.8 Å². The summed E-state index contributed by atoms with van der Waals surface area (Å²) in [5, 5.41) is 3.13. The summed E-state index contributed by atoms with van der Waals surface area (Å²) in [5.41, 5.74) is 1.18. The molecule has 2 aromatic rings. The van der Waals surface area contributed by atoms with Crippen LogP contribution in [0.1, 0.15) is 5.56 Å². The smallest absolute Gasteiger partial charge is 0.161 e. The average molecular weight is 303 g/mol. The second kappa shape index (κ2) is 8.60. The first-order valence-electron chi connectivity index (χ1n) is 6.95. The number of methoxy groups -OCH3 is 1. The quantitative estimate of drug-likeness (QED) is 0.596. The van der Waals surface area contributed by atoms with Crippen molar-refractivity contribution in [2.45, 2.75) is 11.4 Å². The van der Waals surface area contributed by atoms with E-state index in [4.69, 9.17) is 9.47 Å². The van der Waals surface area contributed by atoms with E-state index >= 15 is 0 Å². The van der Waals surface area contributed by atoms with Crippen LogP contribution < -0.4 is 14.8 Å². The van der Waals surface area contributed by atoms with Gasteiger partial charge in [0.25, 0.3) is 0 Å². The molecular weight excluding hydrogens is 282 g/mol. The number of hydrogen-bond acceptors (Lipinski definition) is 4. The summed E-state index contributed by atoms with van der Waals surface area (Å²) >= 11 is 1.79. The second-order valence-electron chi connectivity index (χ2n) is 4.53. The molecule has 0 aliphatic rings. The summed E-state index contributed by atoms with van der Waals surface area (Å²) in [7, 11) is 3.60. The van der Waals surface area contributed by atoms with Crippen molar-refractivity contribution in [3.05, 3.63) is 54.1 Å². The lowest BCUT2D eigenvalue weighted by molar-refractivity contribution is 0.313. The minimum absolute atomic E-state index is 0.654. The maximum atomic E-state index is 5.82. The minimum atomic E-state index is 0.654. The fourth-order valence-corrected chi connectivity index (χ4v) is 2.73. The molecule has 1 N–H and O–H groups in total. The van der Waals surface area contributed by atoms with Crippen molar-refractivity contribution in [3.8, 4) is 11.5 Å². The summed E-state index contributed by atoms with van der Waals surface area (Å²) in [6, 6.07) is 16.4. The predicted molar refractivity (Wildman–Crippen MR) is 88.4 cm³/mol. The Balaban J connectivity index is 1.85. The molecule has 0 heterocycles. The number of thioether (sulfide) groups is 1. The van der Waals surface area contributed by atoms with Crippen LogP contribution in [-0.4, -0.2) is 26.5 Å². The maximum absolute atomic E-state index is 5.82. The Morgan fingerprint density at radius 2 is 1.86 bits per heavy atom. The summed E-state index contributed by atoms with van der Waals surface area (Å²) < 4.78 is 11.2. The van der Waals surface area contributed by atoms with E-state index in [0.717, 1.165) is 23.8 Å². The molecule has 4 heteroatoms. The molecule has 0 saturated carbocycles. The standard InChI is InChI=1S/C17H21NO2S/c1-18-13-14-8-9-16(17(12-14)19-2)20-10-11-21-15-6-4-3-5-7-15/h3-9,12,18H,10-11,13H2,1-2H3. The zero-order chi connectivity index (χ0) is 14.9. The highest BCUT2D eigenvalue weighted by Crippen LogP contribution is 2.28. The SMILES string of the molecule is CNCc1ccc(OCCSc2ccccc2)c(OC)c1. The Hall–Kier alpha value is -1.65. The van der Waals surface area contributed by atoms with E-state index < -0.39 is 0 Å². The predicted octanol–water partition coefficient (Wildman–Crippen LogP) is 3.59. The molecule has 0 amide bonds. The van der Waals surface area contributed by atoms with Gasteiger partial charge in [-0.3, -0.25) is 0 Å². The molecule has 0 spiro atoms. The molecule has 2 aromatic carbocycles. The molecule has 0 aromatic heterocycles. The summed E-state index contributed by atoms with van der Waals surface area (Å²) in [5.74, 6) is 2.49. The van der Waals surface area contributed by atoms with Gasteiger partial charge in [-0.15, -0.1) is 11.8 Å². The highest BCUT2D eigenvalue weighted by atomic mass is 32.2. The number of rotatable bonds is 8. The van der Waals surface area contributed by atoms with Crippen LogP contribution in [0.5, 0.6) is 11.5 Å². The summed E-state index contributed by atoms with van der Waals surface area (Å²) in [4.78, 5) is 1.26. The number of nitrogens with one attached hydrogen (secondary N) is 1. The molecule has 0 fully saturated rings. The van der Waals surface area contributed by atoms with E-state index in [1.54, 1.807) is 18.9 Å². The zero-order valence-corrected chi connectivity index (χ0v) is 13.3. The van der Waals surface area contributed by atoms with Gasteiger partial charge in [-0.05, 0) is 36.9 Å². The molecule has 21 heavy (non-hydrogen) atoms. The van der Waals surface area contributed by atoms with Crippen molar-refractivity contribution in [3.63, 3.8) is 0 Å². The molecule has 112 valence electrons. The Bertz CT molecular complexity index is 546. The van der Waals surface area contributed by atoms with Crippen LogP contribution in [0.3, 0.4) is 0 Å². The Morgan fingerprint density at radius 3 is 2.57 bits per heavy atom. The van der Waals surface area contributed by atoms with Crippen molar-refractivity contribution in [2.75, 3.05) is 26.5 Å². The van der Waals surface area contributed by atoms with Crippen LogP contribution >= 0.6 is 11.8 Å². The van der Waals surface area contributed by atoms with Crippen LogP contribution in [0.25, 0.3) is 0 Å². The van der Waals surface area contributed by atoms with Crippen molar-refractivity contribution in [1.29, 1.82) is 0 Å². The van der Waals surface area contributed by atoms with E-state index in [0.29, 0.717) is 6.61 Å². The summed E-state index contributed by atoms with van der Waals surface area (Å²) in [6.45, 7) is 1.47. The lowest BCUT2D eigenvalue weighted by atomic mass is 10.2. The fourth-order valence-electron chi connectivity index (χ4n) is 1.97. The molecule has 3 nitrogen and oxygen atoms in total. The summed E-state index contributed by atoms with van der Waals surface area (Å²) in [6.07, 6.45) is 0. The van der Waals surface area contributed by atoms with Crippen molar-refractivity contribution >= 4 is 11.8 Å². The van der Waals surface area contributed by atoms with E-state index in [1.807, 2.05) is 37.4 Å². The molecular formula is C17H21NO2S. The molecule has 0 atom stereocenters. The van der Waals surface area contributed by atoms with Gasteiger partial charge in [0.1, 0.15) is 0 Å². The van der Waals surface area contributed by atoms with Gasteiger partial charge in [0, 0.05) is 17.2 Å².